The van der Waals surface area contributed by atoms with Crippen LogP contribution in [0.4, 0.5) is 13.2 Å². The minimum absolute atomic E-state index is 0.0938. The molecule has 1 fully saturated rings. The number of hydrogen-bond donors (Lipinski definition) is 0. The van der Waals surface area contributed by atoms with Gasteiger partial charge in [0.25, 0.3) is 5.91 Å². The zero-order chi connectivity index (χ0) is 26.0. The van der Waals surface area contributed by atoms with Crippen LogP contribution in [0.15, 0.2) is 41.8 Å². The van der Waals surface area contributed by atoms with Crippen molar-refractivity contribution < 1.29 is 22.8 Å². The van der Waals surface area contributed by atoms with Crippen LogP contribution >= 0.6 is 11.3 Å². The summed E-state index contributed by atoms with van der Waals surface area (Å²) in [6.07, 6.45) is -3.19. The molecule has 0 N–H and O–H groups in total. The maximum Gasteiger partial charge on any atom is 0.435 e. The lowest BCUT2D eigenvalue weighted by molar-refractivity contribution is -0.142. The average Bonchev–Trinajstić information content (AvgIpc) is 3.50. The Balaban J connectivity index is 1.33. The third-order valence-corrected chi connectivity index (χ3v) is 7.69. The average molecular weight is 520 g/mol. The first-order valence-electron chi connectivity index (χ1n) is 11.7. The van der Waals surface area contributed by atoms with Gasteiger partial charge in [0.05, 0.1) is 11.0 Å². The molecule has 7 nitrogen and oxygen atoms in total. The molecular weight excluding hydrogens is 491 g/mol. The van der Waals surface area contributed by atoms with Gasteiger partial charge in [-0.15, -0.1) is 11.3 Å². The van der Waals surface area contributed by atoms with Crippen molar-refractivity contribution in [1.82, 2.24) is 24.6 Å². The fourth-order valence-corrected chi connectivity index (χ4v) is 5.26. The monoisotopic (exact) mass is 519 g/mol. The highest BCUT2D eigenvalue weighted by Gasteiger charge is 2.35. The van der Waals surface area contributed by atoms with Crippen molar-refractivity contribution in [3.8, 4) is 0 Å². The first kappa shape index (κ1) is 25.9. The van der Waals surface area contributed by atoms with E-state index < -0.39 is 11.9 Å². The summed E-state index contributed by atoms with van der Waals surface area (Å²) in [4.78, 5) is 33.6. The van der Waals surface area contributed by atoms with Crippen molar-refractivity contribution in [2.24, 2.45) is 0 Å². The second kappa shape index (κ2) is 10.4. The van der Waals surface area contributed by atoms with Gasteiger partial charge < -0.3 is 9.80 Å². The molecule has 0 bridgehead atoms. The van der Waals surface area contributed by atoms with Crippen LogP contribution in [-0.2, 0) is 17.5 Å². The highest BCUT2D eigenvalue weighted by molar-refractivity contribution is 7.09. The lowest BCUT2D eigenvalue weighted by atomic mass is 9.97. The number of piperidine rings is 1. The summed E-state index contributed by atoms with van der Waals surface area (Å²) in [7, 11) is 1.77. The van der Waals surface area contributed by atoms with E-state index in [1.165, 1.54) is 18.3 Å². The number of nitrogens with zero attached hydrogens (tertiary/aromatic N) is 5. The van der Waals surface area contributed by atoms with Gasteiger partial charge in [0, 0.05) is 37.1 Å². The maximum absolute atomic E-state index is 13.0. The van der Waals surface area contributed by atoms with E-state index in [4.69, 9.17) is 0 Å². The van der Waals surface area contributed by atoms with E-state index in [-0.39, 0.29) is 36.0 Å². The summed E-state index contributed by atoms with van der Waals surface area (Å²) in [6, 6.07) is 10.6. The number of alkyl halides is 3. The molecule has 0 saturated carbocycles. The Morgan fingerprint density at radius 2 is 1.86 bits per heavy atom. The highest BCUT2D eigenvalue weighted by Crippen LogP contribution is 2.32. The molecule has 4 rings (SSSR count). The Hall–Kier alpha value is -3.21. The molecule has 1 saturated heterocycles. The largest absolute Gasteiger partial charge is 0.435 e. The van der Waals surface area contributed by atoms with E-state index in [9.17, 15) is 22.8 Å². The summed E-state index contributed by atoms with van der Waals surface area (Å²) < 4.78 is 39.8. The Morgan fingerprint density at radius 1 is 1.19 bits per heavy atom. The number of thiazole rings is 1. The Kier molecular flexibility index (Phi) is 7.49. The van der Waals surface area contributed by atoms with Crippen LogP contribution in [0.3, 0.4) is 0 Å². The molecule has 3 heterocycles. The number of halogens is 3. The van der Waals surface area contributed by atoms with Gasteiger partial charge in [-0.1, -0.05) is 30.3 Å². The van der Waals surface area contributed by atoms with Crippen molar-refractivity contribution >= 4 is 23.2 Å². The molecule has 1 atom stereocenters. The fraction of sp³-hybridized carbons (Fsp3) is 0.440. The van der Waals surface area contributed by atoms with Crippen LogP contribution in [0.25, 0.3) is 0 Å². The van der Waals surface area contributed by atoms with E-state index in [0.717, 1.165) is 21.3 Å². The highest BCUT2D eigenvalue weighted by atomic mass is 32.1. The van der Waals surface area contributed by atoms with Gasteiger partial charge in [0.15, 0.2) is 5.69 Å². The first-order chi connectivity index (χ1) is 17.0. The predicted octanol–water partition coefficient (Wildman–Crippen LogP) is 4.91. The van der Waals surface area contributed by atoms with E-state index in [1.807, 2.05) is 37.3 Å². The van der Waals surface area contributed by atoms with Crippen molar-refractivity contribution in [2.75, 3.05) is 20.1 Å². The molecule has 192 valence electrons. The number of benzene rings is 1. The second-order valence-corrected chi connectivity index (χ2v) is 9.94. The molecule has 2 amide bonds. The summed E-state index contributed by atoms with van der Waals surface area (Å²) in [5, 5.41) is 6.19. The van der Waals surface area contributed by atoms with Crippen LogP contribution in [0.1, 0.15) is 64.2 Å². The lowest BCUT2D eigenvalue weighted by Gasteiger charge is -2.31. The summed E-state index contributed by atoms with van der Waals surface area (Å²) in [5.74, 6) is -0.282. The maximum atomic E-state index is 13.0. The van der Waals surface area contributed by atoms with E-state index >= 15 is 0 Å². The lowest BCUT2D eigenvalue weighted by Crippen LogP contribution is -2.40. The molecule has 1 unspecified atom stereocenters. The molecule has 0 radical (unpaired) electrons. The van der Waals surface area contributed by atoms with E-state index in [1.54, 1.807) is 22.2 Å². The quantitative estimate of drug-likeness (QED) is 0.464. The molecule has 11 heteroatoms. The number of amides is 2. The summed E-state index contributed by atoms with van der Waals surface area (Å²) >= 11 is 1.45. The van der Waals surface area contributed by atoms with E-state index in [2.05, 4.69) is 10.1 Å². The molecule has 1 aliphatic heterocycles. The molecule has 36 heavy (non-hydrogen) atoms. The second-order valence-electron chi connectivity index (χ2n) is 9.06. The minimum atomic E-state index is -4.54. The molecule has 3 aromatic rings. The molecular formula is C25H28F3N5O2S. The van der Waals surface area contributed by atoms with Crippen LogP contribution in [0.5, 0.6) is 0 Å². The number of likely N-dealkylation sites (tertiary alicyclic amines) is 1. The summed E-state index contributed by atoms with van der Waals surface area (Å²) in [6.45, 7) is 4.20. The molecule has 0 aliphatic carbocycles. The smallest absolute Gasteiger partial charge is 0.341 e. The number of carbonyl (C=O) groups excluding carboxylic acids is 2. The van der Waals surface area contributed by atoms with Crippen LogP contribution < -0.4 is 0 Å². The van der Waals surface area contributed by atoms with Crippen molar-refractivity contribution in [3.63, 3.8) is 0 Å². The standard InChI is InChI=1S/C25H28F3N5O2S/c1-16-13-21(25(26,27)28)30-33(16)14-22(34)32-11-9-19(10-12-32)23-29-20(15-36-23)24(35)31(3)17(2)18-7-5-4-6-8-18/h4-8,13,15,17,19H,9-12,14H2,1-3H3. The number of hydrogen-bond acceptors (Lipinski definition) is 5. The number of carbonyl (C=O) groups is 2. The first-order valence-corrected chi connectivity index (χ1v) is 12.6. The Bertz CT molecular complexity index is 1220. The van der Waals surface area contributed by atoms with Gasteiger partial charge in [0.1, 0.15) is 12.2 Å². The molecule has 0 spiro atoms. The molecule has 1 aliphatic rings. The number of rotatable bonds is 6. The van der Waals surface area contributed by atoms with E-state index in [0.29, 0.717) is 31.6 Å². The van der Waals surface area contributed by atoms with Crippen molar-refractivity contribution in [2.45, 2.75) is 51.4 Å². The SMILES string of the molecule is Cc1cc(C(F)(F)F)nn1CC(=O)N1CCC(c2nc(C(=O)N(C)C(C)c3ccccc3)cs2)CC1. The zero-order valence-corrected chi connectivity index (χ0v) is 21.1. The number of aryl methyl sites for hydroxylation is 1. The minimum Gasteiger partial charge on any atom is -0.341 e. The third kappa shape index (κ3) is 5.61. The zero-order valence-electron chi connectivity index (χ0n) is 20.3. The van der Waals surface area contributed by atoms with Crippen LogP contribution in [-0.4, -0.2) is 56.5 Å². The van der Waals surface area contributed by atoms with Gasteiger partial charge in [-0.2, -0.15) is 18.3 Å². The third-order valence-electron chi connectivity index (χ3n) is 6.68. The Labute approximate surface area is 211 Å². The fourth-order valence-electron chi connectivity index (χ4n) is 4.30. The van der Waals surface area contributed by atoms with Crippen molar-refractivity contribution in [3.05, 3.63) is 69.4 Å². The van der Waals surface area contributed by atoms with Crippen LogP contribution in [0.2, 0.25) is 0 Å². The predicted molar refractivity (Wildman–Crippen MR) is 130 cm³/mol. The number of aromatic nitrogens is 3. The topological polar surface area (TPSA) is 71.3 Å². The van der Waals surface area contributed by atoms with Gasteiger partial charge in [-0.3, -0.25) is 14.3 Å². The molecule has 1 aromatic carbocycles. The normalized spacial score (nSPS) is 15.7. The Morgan fingerprint density at radius 3 is 2.47 bits per heavy atom. The van der Waals surface area contributed by atoms with Gasteiger partial charge >= 0.3 is 6.18 Å². The molecule has 2 aromatic heterocycles. The van der Waals surface area contributed by atoms with Gasteiger partial charge in [0.2, 0.25) is 5.91 Å². The van der Waals surface area contributed by atoms with Crippen molar-refractivity contribution in [1.29, 1.82) is 0 Å². The summed E-state index contributed by atoms with van der Waals surface area (Å²) in [5.41, 5.74) is 0.746. The van der Waals surface area contributed by atoms with Crippen LogP contribution in [0, 0.1) is 6.92 Å². The van der Waals surface area contributed by atoms with Gasteiger partial charge in [-0.05, 0) is 38.3 Å². The van der Waals surface area contributed by atoms with Gasteiger partial charge in [-0.25, -0.2) is 4.98 Å².